The quantitative estimate of drug-likeness (QED) is 0.435. The highest BCUT2D eigenvalue weighted by Crippen LogP contribution is 2.82. The number of hydrogen-bond acceptors (Lipinski definition) is 1. The zero-order valence-corrected chi connectivity index (χ0v) is 20.0. The average molecular weight is 399 g/mol. The average Bonchev–Trinajstić information content (AvgIpc) is 3.18. The van der Waals surface area contributed by atoms with Gasteiger partial charge in [-0.05, 0) is 110 Å². The summed E-state index contributed by atoms with van der Waals surface area (Å²) in [5, 5.41) is 0. The molecule has 5 rings (SSSR count). The van der Waals surface area contributed by atoms with E-state index in [0.717, 1.165) is 41.4 Å². The van der Waals surface area contributed by atoms with Crippen molar-refractivity contribution in [3.05, 3.63) is 12.2 Å². The first-order valence-corrected chi connectivity index (χ1v) is 13.0. The number of fused-ring (bicyclic) bond motifs is 4. The molecule has 0 aromatic heterocycles. The fourth-order valence-corrected chi connectivity index (χ4v) is 10.2. The lowest BCUT2D eigenvalue weighted by atomic mass is 9.45. The maximum absolute atomic E-state index is 6.28. The van der Waals surface area contributed by atoms with Gasteiger partial charge in [0.2, 0.25) is 0 Å². The number of methoxy groups -OCH3 is 1. The van der Waals surface area contributed by atoms with Gasteiger partial charge in [0.1, 0.15) is 0 Å². The molecule has 0 N–H and O–H groups in total. The molecule has 0 aliphatic heterocycles. The number of rotatable bonds is 5. The second kappa shape index (κ2) is 6.85. The van der Waals surface area contributed by atoms with Crippen LogP contribution < -0.4 is 0 Å². The van der Waals surface area contributed by atoms with Crippen LogP contribution in [0.3, 0.4) is 0 Å². The second-order valence-electron chi connectivity index (χ2n) is 12.9. The van der Waals surface area contributed by atoms with E-state index in [9.17, 15) is 0 Å². The third kappa shape index (κ3) is 2.68. The molecule has 164 valence electrons. The summed E-state index contributed by atoms with van der Waals surface area (Å²) in [6, 6.07) is 0. The molecule has 10 atom stereocenters. The maximum atomic E-state index is 6.28. The summed E-state index contributed by atoms with van der Waals surface area (Å²) in [5.74, 6) is 6.24. The SMILES string of the molecule is COC1C[C@H]2[C@@H]3CC[C@H]([C@H](C)/C=C/CC(C)C)[C@@]3(C)CC[C@@H]2[C@@]2(C)CCC3CC312. The van der Waals surface area contributed by atoms with Crippen molar-refractivity contribution in [2.24, 2.45) is 57.7 Å². The molecule has 5 aliphatic carbocycles. The van der Waals surface area contributed by atoms with E-state index in [2.05, 4.69) is 46.8 Å². The lowest BCUT2D eigenvalue weighted by molar-refractivity contribution is -0.160. The molecule has 0 amide bonds. The molecule has 0 aromatic rings. The van der Waals surface area contributed by atoms with E-state index in [1.165, 1.54) is 57.8 Å². The largest absolute Gasteiger partial charge is 0.381 e. The molecular formula is C28H46O. The predicted molar refractivity (Wildman–Crippen MR) is 122 cm³/mol. The fraction of sp³-hybridized carbons (Fsp3) is 0.929. The van der Waals surface area contributed by atoms with Crippen molar-refractivity contribution in [3.8, 4) is 0 Å². The minimum Gasteiger partial charge on any atom is -0.381 e. The third-order valence-corrected chi connectivity index (χ3v) is 11.6. The Labute approximate surface area is 180 Å². The smallest absolute Gasteiger partial charge is 0.0638 e. The molecule has 0 bridgehead atoms. The Balaban J connectivity index is 1.39. The minimum absolute atomic E-state index is 0.547. The van der Waals surface area contributed by atoms with Gasteiger partial charge < -0.3 is 4.74 Å². The van der Waals surface area contributed by atoms with Gasteiger partial charge in [-0.1, -0.05) is 46.8 Å². The van der Waals surface area contributed by atoms with Gasteiger partial charge in [0.05, 0.1) is 6.10 Å². The lowest BCUT2D eigenvalue weighted by Crippen LogP contribution is -2.57. The van der Waals surface area contributed by atoms with Crippen molar-refractivity contribution in [2.75, 3.05) is 7.11 Å². The van der Waals surface area contributed by atoms with Crippen molar-refractivity contribution in [3.63, 3.8) is 0 Å². The molecule has 1 nitrogen and oxygen atoms in total. The Kier molecular flexibility index (Phi) is 4.86. The topological polar surface area (TPSA) is 9.23 Å². The van der Waals surface area contributed by atoms with Crippen molar-refractivity contribution in [1.82, 2.24) is 0 Å². The van der Waals surface area contributed by atoms with Gasteiger partial charge in [-0.25, -0.2) is 0 Å². The Bertz CT molecular complexity index is 665. The Morgan fingerprint density at radius 2 is 1.79 bits per heavy atom. The monoisotopic (exact) mass is 398 g/mol. The molecule has 0 saturated heterocycles. The Morgan fingerprint density at radius 1 is 1.00 bits per heavy atom. The van der Waals surface area contributed by atoms with E-state index in [0.29, 0.717) is 22.3 Å². The molecule has 5 fully saturated rings. The number of allylic oxidation sites excluding steroid dienone is 2. The van der Waals surface area contributed by atoms with Gasteiger partial charge in [0.25, 0.3) is 0 Å². The lowest BCUT2D eigenvalue weighted by Gasteiger charge is -2.61. The molecule has 0 aromatic carbocycles. The normalized spacial score (nSPS) is 54.2. The molecule has 29 heavy (non-hydrogen) atoms. The van der Waals surface area contributed by atoms with Gasteiger partial charge in [-0.3, -0.25) is 0 Å². The van der Waals surface area contributed by atoms with Gasteiger partial charge in [-0.15, -0.1) is 0 Å². The van der Waals surface area contributed by atoms with E-state index in [1.807, 2.05) is 7.11 Å². The van der Waals surface area contributed by atoms with E-state index in [1.54, 1.807) is 0 Å². The van der Waals surface area contributed by atoms with Gasteiger partial charge in [-0.2, -0.15) is 0 Å². The van der Waals surface area contributed by atoms with Crippen LogP contribution in [-0.4, -0.2) is 13.2 Å². The molecule has 1 heteroatoms. The van der Waals surface area contributed by atoms with E-state index in [-0.39, 0.29) is 0 Å². The molecule has 3 unspecified atom stereocenters. The summed E-state index contributed by atoms with van der Waals surface area (Å²) in [4.78, 5) is 0. The van der Waals surface area contributed by atoms with Crippen LogP contribution in [0.1, 0.15) is 92.4 Å². The first-order valence-electron chi connectivity index (χ1n) is 13.0. The molecular weight excluding hydrogens is 352 g/mol. The number of ether oxygens (including phenoxy) is 1. The van der Waals surface area contributed by atoms with E-state index in [4.69, 9.17) is 4.74 Å². The van der Waals surface area contributed by atoms with E-state index < -0.39 is 0 Å². The van der Waals surface area contributed by atoms with Gasteiger partial charge >= 0.3 is 0 Å². The van der Waals surface area contributed by atoms with Crippen LogP contribution in [0, 0.1) is 57.7 Å². The van der Waals surface area contributed by atoms with Crippen LogP contribution >= 0.6 is 0 Å². The molecule has 5 saturated carbocycles. The standard InChI is InChI=1S/C28H46O/c1-18(2)8-7-9-19(3)22-10-11-23-21-16-25(29-6)28-17-20(28)12-15-27(28,5)24(21)13-14-26(22,23)4/h7,9,18-25H,8,10-17H2,1-6H3/b9-7+/t19-,20?,21+,22-,23+,24+,25?,26-,27-,28?/m1/s1. The van der Waals surface area contributed by atoms with Crippen molar-refractivity contribution in [2.45, 2.75) is 98.5 Å². The summed E-state index contributed by atoms with van der Waals surface area (Å²) >= 11 is 0. The summed E-state index contributed by atoms with van der Waals surface area (Å²) < 4.78 is 6.28. The van der Waals surface area contributed by atoms with Crippen molar-refractivity contribution >= 4 is 0 Å². The molecule has 5 aliphatic rings. The predicted octanol–water partition coefficient (Wildman–Crippen LogP) is 7.51. The first kappa shape index (κ1) is 20.6. The van der Waals surface area contributed by atoms with E-state index >= 15 is 0 Å². The zero-order chi connectivity index (χ0) is 20.6. The summed E-state index contributed by atoms with van der Waals surface area (Å²) in [5.41, 5.74) is 1.70. The minimum atomic E-state index is 0.547. The van der Waals surface area contributed by atoms with Gasteiger partial charge in [0.15, 0.2) is 0 Å². The summed E-state index contributed by atoms with van der Waals surface area (Å²) in [6.45, 7) is 12.6. The second-order valence-corrected chi connectivity index (χ2v) is 12.9. The molecule has 0 radical (unpaired) electrons. The van der Waals surface area contributed by atoms with Crippen LogP contribution in [0.4, 0.5) is 0 Å². The first-order chi connectivity index (χ1) is 13.8. The van der Waals surface area contributed by atoms with Crippen LogP contribution in [-0.2, 0) is 4.74 Å². The molecule has 1 spiro atoms. The Hall–Kier alpha value is -0.300. The zero-order valence-electron chi connectivity index (χ0n) is 20.0. The highest BCUT2D eigenvalue weighted by Gasteiger charge is 2.77. The maximum Gasteiger partial charge on any atom is 0.0638 e. The number of hydrogen-bond donors (Lipinski definition) is 0. The molecule has 0 heterocycles. The van der Waals surface area contributed by atoms with Gasteiger partial charge in [0, 0.05) is 12.5 Å². The van der Waals surface area contributed by atoms with Crippen molar-refractivity contribution in [1.29, 1.82) is 0 Å². The summed E-state index contributed by atoms with van der Waals surface area (Å²) in [7, 11) is 2.02. The van der Waals surface area contributed by atoms with Crippen LogP contribution in [0.25, 0.3) is 0 Å². The third-order valence-electron chi connectivity index (χ3n) is 11.6. The fourth-order valence-electron chi connectivity index (χ4n) is 10.2. The van der Waals surface area contributed by atoms with Crippen LogP contribution in [0.15, 0.2) is 12.2 Å². The summed E-state index contributed by atoms with van der Waals surface area (Å²) in [6.07, 6.45) is 18.6. The van der Waals surface area contributed by atoms with Crippen LogP contribution in [0.2, 0.25) is 0 Å². The van der Waals surface area contributed by atoms with Crippen molar-refractivity contribution < 1.29 is 4.74 Å². The highest BCUT2D eigenvalue weighted by molar-refractivity contribution is 5.26. The Morgan fingerprint density at radius 3 is 2.48 bits per heavy atom. The highest BCUT2D eigenvalue weighted by atomic mass is 16.5. The van der Waals surface area contributed by atoms with Crippen LogP contribution in [0.5, 0.6) is 0 Å².